The number of halogens is 1. The van der Waals surface area contributed by atoms with Crippen LogP contribution in [0.15, 0.2) is 36.5 Å². The van der Waals surface area contributed by atoms with Gasteiger partial charge in [-0.1, -0.05) is 17.7 Å². The average molecular weight is 247 g/mol. The molecule has 0 saturated carbocycles. The molecule has 4 heteroatoms. The van der Waals surface area contributed by atoms with Crippen molar-refractivity contribution < 1.29 is 0 Å². The van der Waals surface area contributed by atoms with Gasteiger partial charge in [-0.2, -0.15) is 5.26 Å². The smallest absolute Gasteiger partial charge is 0.101 e. The summed E-state index contributed by atoms with van der Waals surface area (Å²) in [5, 5.41) is 9.06. The summed E-state index contributed by atoms with van der Waals surface area (Å²) in [5.74, 6) is 0. The maximum atomic E-state index is 9.06. The van der Waals surface area contributed by atoms with Crippen LogP contribution in [0.4, 0.5) is 0 Å². The number of aromatic nitrogens is 1. The molecule has 0 aliphatic heterocycles. The summed E-state index contributed by atoms with van der Waals surface area (Å²) in [6.07, 6.45) is 3.46. The Morgan fingerprint density at radius 3 is 2.81 bits per heavy atom. The van der Waals surface area contributed by atoms with E-state index in [9.17, 15) is 0 Å². The first-order chi connectivity index (χ1) is 7.79. The number of allylic oxidation sites excluding steroid dienone is 1. The Morgan fingerprint density at radius 2 is 2.25 bits per heavy atom. The van der Waals surface area contributed by atoms with E-state index >= 15 is 0 Å². The lowest BCUT2D eigenvalue weighted by atomic mass is 10.1. The van der Waals surface area contributed by atoms with Crippen LogP contribution in [0.2, 0.25) is 4.34 Å². The van der Waals surface area contributed by atoms with Crippen molar-refractivity contribution in [2.45, 2.75) is 0 Å². The molecular weight excluding hydrogens is 240 g/mol. The highest BCUT2D eigenvalue weighted by molar-refractivity contribution is 7.17. The number of rotatable bonds is 2. The summed E-state index contributed by atoms with van der Waals surface area (Å²) in [7, 11) is 0. The molecule has 0 N–H and O–H groups in total. The molecule has 2 heterocycles. The second-order valence-corrected chi connectivity index (χ2v) is 4.77. The molecule has 0 saturated heterocycles. The summed E-state index contributed by atoms with van der Waals surface area (Å²) >= 11 is 7.26. The Hall–Kier alpha value is -1.63. The standard InChI is InChI=1S/C12H7ClN2S/c13-12-5-4-10(16-12)7-9(8-14)11-3-1-2-6-15-11/h1-7H. The number of hydrogen-bond donors (Lipinski definition) is 0. The summed E-state index contributed by atoms with van der Waals surface area (Å²) in [4.78, 5) is 5.08. The maximum absolute atomic E-state index is 9.06. The second kappa shape index (κ2) is 4.93. The van der Waals surface area contributed by atoms with Crippen LogP contribution >= 0.6 is 22.9 Å². The van der Waals surface area contributed by atoms with Crippen molar-refractivity contribution in [3.05, 3.63) is 51.4 Å². The zero-order chi connectivity index (χ0) is 11.4. The summed E-state index contributed by atoms with van der Waals surface area (Å²) in [6.45, 7) is 0. The van der Waals surface area contributed by atoms with Crippen LogP contribution in [0.3, 0.4) is 0 Å². The third-order valence-corrected chi connectivity index (χ3v) is 3.12. The van der Waals surface area contributed by atoms with E-state index in [2.05, 4.69) is 11.1 Å². The molecule has 0 aliphatic carbocycles. The summed E-state index contributed by atoms with van der Waals surface area (Å²) < 4.78 is 0.713. The van der Waals surface area contributed by atoms with E-state index in [0.29, 0.717) is 15.6 Å². The molecule has 2 aromatic rings. The van der Waals surface area contributed by atoms with Crippen molar-refractivity contribution in [2.75, 3.05) is 0 Å². The number of pyridine rings is 1. The van der Waals surface area contributed by atoms with Gasteiger partial charge >= 0.3 is 0 Å². The fourth-order valence-corrected chi connectivity index (χ4v) is 2.24. The largest absolute Gasteiger partial charge is 0.256 e. The van der Waals surface area contributed by atoms with E-state index in [4.69, 9.17) is 16.9 Å². The maximum Gasteiger partial charge on any atom is 0.101 e. The van der Waals surface area contributed by atoms with Crippen molar-refractivity contribution in [1.82, 2.24) is 4.98 Å². The van der Waals surface area contributed by atoms with Gasteiger partial charge in [0.15, 0.2) is 0 Å². The van der Waals surface area contributed by atoms with E-state index in [1.54, 1.807) is 12.3 Å². The summed E-state index contributed by atoms with van der Waals surface area (Å²) in [5.41, 5.74) is 1.22. The van der Waals surface area contributed by atoms with Crippen molar-refractivity contribution in [3.63, 3.8) is 0 Å². The minimum Gasteiger partial charge on any atom is -0.256 e. The molecule has 0 spiro atoms. The zero-order valence-corrected chi connectivity index (χ0v) is 9.79. The van der Waals surface area contributed by atoms with E-state index < -0.39 is 0 Å². The highest BCUT2D eigenvalue weighted by Crippen LogP contribution is 2.25. The molecule has 2 aromatic heterocycles. The fraction of sp³-hybridized carbons (Fsp3) is 0. The third-order valence-electron chi connectivity index (χ3n) is 1.94. The molecule has 0 atom stereocenters. The van der Waals surface area contributed by atoms with Gasteiger partial charge in [0.1, 0.15) is 6.07 Å². The van der Waals surface area contributed by atoms with Crippen LogP contribution in [0.5, 0.6) is 0 Å². The second-order valence-electron chi connectivity index (χ2n) is 3.03. The zero-order valence-electron chi connectivity index (χ0n) is 8.22. The molecule has 0 amide bonds. The molecule has 78 valence electrons. The molecule has 2 rings (SSSR count). The third kappa shape index (κ3) is 2.48. The fourth-order valence-electron chi connectivity index (χ4n) is 1.23. The monoisotopic (exact) mass is 246 g/mol. The SMILES string of the molecule is N#CC(=Cc1ccc(Cl)s1)c1ccccn1. The minimum absolute atomic E-state index is 0.541. The van der Waals surface area contributed by atoms with Gasteiger partial charge in [-0.15, -0.1) is 11.3 Å². The van der Waals surface area contributed by atoms with Crippen LogP contribution in [0.25, 0.3) is 11.6 Å². The Morgan fingerprint density at radius 1 is 1.38 bits per heavy atom. The van der Waals surface area contributed by atoms with Gasteiger partial charge in [-0.3, -0.25) is 4.98 Å². The van der Waals surface area contributed by atoms with Gasteiger partial charge in [0, 0.05) is 11.1 Å². The Balaban J connectivity index is 2.38. The van der Waals surface area contributed by atoms with Crippen molar-refractivity contribution >= 4 is 34.6 Å². The van der Waals surface area contributed by atoms with Gasteiger partial charge in [-0.05, 0) is 30.3 Å². The summed E-state index contributed by atoms with van der Waals surface area (Å²) in [6, 6.07) is 11.3. The topological polar surface area (TPSA) is 36.7 Å². The Labute approximate surface area is 102 Å². The van der Waals surface area contributed by atoms with Crippen LogP contribution in [-0.2, 0) is 0 Å². The quantitative estimate of drug-likeness (QED) is 0.755. The number of thiophene rings is 1. The van der Waals surface area contributed by atoms with Gasteiger partial charge in [-0.25, -0.2) is 0 Å². The predicted molar refractivity (Wildman–Crippen MR) is 67.1 cm³/mol. The molecule has 0 aromatic carbocycles. The molecular formula is C12H7ClN2S. The highest BCUT2D eigenvalue weighted by Gasteiger charge is 2.02. The van der Waals surface area contributed by atoms with Gasteiger partial charge < -0.3 is 0 Å². The molecule has 0 radical (unpaired) electrons. The van der Waals surface area contributed by atoms with E-state index in [0.717, 1.165) is 4.88 Å². The predicted octanol–water partition coefficient (Wildman–Crippen LogP) is 3.86. The first-order valence-corrected chi connectivity index (χ1v) is 5.77. The van der Waals surface area contributed by atoms with Gasteiger partial charge in [0.25, 0.3) is 0 Å². The number of hydrogen-bond acceptors (Lipinski definition) is 3. The van der Waals surface area contributed by atoms with E-state index in [-0.39, 0.29) is 0 Å². The van der Waals surface area contributed by atoms with Gasteiger partial charge in [0.05, 0.1) is 15.6 Å². The molecule has 16 heavy (non-hydrogen) atoms. The van der Waals surface area contributed by atoms with Crippen LogP contribution in [0, 0.1) is 11.3 Å². The average Bonchev–Trinajstić information content (AvgIpc) is 2.73. The molecule has 0 unspecified atom stereocenters. The van der Waals surface area contributed by atoms with E-state index in [1.807, 2.05) is 30.3 Å². The van der Waals surface area contributed by atoms with Gasteiger partial charge in [0.2, 0.25) is 0 Å². The van der Waals surface area contributed by atoms with Crippen molar-refractivity contribution in [2.24, 2.45) is 0 Å². The van der Waals surface area contributed by atoms with E-state index in [1.165, 1.54) is 11.3 Å². The number of nitriles is 1. The first-order valence-electron chi connectivity index (χ1n) is 4.58. The minimum atomic E-state index is 0.541. The highest BCUT2D eigenvalue weighted by atomic mass is 35.5. The Bertz CT molecular complexity index is 552. The first kappa shape index (κ1) is 10.9. The lowest BCUT2D eigenvalue weighted by molar-refractivity contribution is 1.28. The lowest BCUT2D eigenvalue weighted by Crippen LogP contribution is -1.84. The lowest BCUT2D eigenvalue weighted by Gasteiger charge is -1.95. The molecule has 2 nitrogen and oxygen atoms in total. The van der Waals surface area contributed by atoms with Crippen LogP contribution in [0.1, 0.15) is 10.6 Å². The molecule has 0 aliphatic rings. The normalized spacial score (nSPS) is 11.1. The Kier molecular flexibility index (Phi) is 3.35. The van der Waals surface area contributed by atoms with Crippen LogP contribution in [-0.4, -0.2) is 4.98 Å². The van der Waals surface area contributed by atoms with Crippen molar-refractivity contribution in [3.8, 4) is 6.07 Å². The van der Waals surface area contributed by atoms with Crippen LogP contribution < -0.4 is 0 Å². The molecule has 0 fully saturated rings. The van der Waals surface area contributed by atoms with Crippen molar-refractivity contribution in [1.29, 1.82) is 5.26 Å². The molecule has 0 bridgehead atoms. The number of nitrogens with zero attached hydrogens (tertiary/aromatic N) is 2.